The van der Waals surface area contributed by atoms with Gasteiger partial charge in [0.1, 0.15) is 0 Å². The summed E-state index contributed by atoms with van der Waals surface area (Å²) in [6.45, 7) is 3.33. The maximum absolute atomic E-state index is 12.9. The van der Waals surface area contributed by atoms with Gasteiger partial charge in [0.05, 0.1) is 4.90 Å². The molecule has 1 aliphatic rings. The molecule has 2 aromatic rings. The minimum absolute atomic E-state index is 0.181. The highest BCUT2D eigenvalue weighted by atomic mass is 35.5. The Morgan fingerprint density at radius 2 is 1.86 bits per heavy atom. The molecule has 1 N–H and O–H groups in total. The molecule has 0 spiro atoms. The van der Waals surface area contributed by atoms with Gasteiger partial charge in [-0.25, -0.2) is 8.42 Å². The Morgan fingerprint density at radius 1 is 1.11 bits per heavy atom. The van der Waals surface area contributed by atoms with Gasteiger partial charge >= 0.3 is 0 Å². The van der Waals surface area contributed by atoms with Crippen LogP contribution >= 0.6 is 11.6 Å². The number of aryl methyl sites for hydroxylation is 1. The molecule has 0 radical (unpaired) electrons. The molecule has 0 unspecified atom stereocenters. The zero-order valence-electron chi connectivity index (χ0n) is 15.9. The first kappa shape index (κ1) is 20.8. The number of rotatable bonds is 6. The van der Waals surface area contributed by atoms with Gasteiger partial charge in [0.25, 0.3) is 5.91 Å². The van der Waals surface area contributed by atoms with Gasteiger partial charge in [-0.1, -0.05) is 36.2 Å². The van der Waals surface area contributed by atoms with Crippen LogP contribution in [0, 0.1) is 6.92 Å². The minimum atomic E-state index is -3.56. The van der Waals surface area contributed by atoms with Gasteiger partial charge < -0.3 is 5.32 Å². The van der Waals surface area contributed by atoms with Gasteiger partial charge in [-0.2, -0.15) is 4.31 Å². The van der Waals surface area contributed by atoms with Crippen molar-refractivity contribution >= 4 is 27.5 Å². The molecule has 0 aliphatic carbocycles. The molecule has 150 valence electrons. The van der Waals surface area contributed by atoms with Crippen molar-refractivity contribution in [1.82, 2.24) is 9.62 Å². The first-order valence-electron chi connectivity index (χ1n) is 9.51. The van der Waals surface area contributed by atoms with E-state index in [1.807, 2.05) is 25.1 Å². The molecular weight excluding hydrogens is 396 g/mol. The number of hydrogen-bond donors (Lipinski definition) is 1. The number of halogens is 1. The van der Waals surface area contributed by atoms with E-state index in [4.69, 9.17) is 11.6 Å². The third-order valence-corrected chi connectivity index (χ3v) is 7.12. The lowest BCUT2D eigenvalue weighted by molar-refractivity contribution is 0.0953. The van der Waals surface area contributed by atoms with Crippen LogP contribution in [0.1, 0.15) is 40.7 Å². The third kappa shape index (κ3) is 4.93. The van der Waals surface area contributed by atoms with Crippen LogP contribution in [0.4, 0.5) is 0 Å². The first-order valence-corrected chi connectivity index (χ1v) is 11.3. The van der Waals surface area contributed by atoms with E-state index in [1.54, 1.807) is 18.2 Å². The molecule has 0 aromatic heterocycles. The van der Waals surface area contributed by atoms with Crippen molar-refractivity contribution in [2.45, 2.75) is 37.5 Å². The molecular formula is C21H25ClN2O3S. The van der Waals surface area contributed by atoms with Crippen LogP contribution in [0.3, 0.4) is 0 Å². The lowest BCUT2D eigenvalue weighted by atomic mass is 10.1. The molecule has 1 amide bonds. The summed E-state index contributed by atoms with van der Waals surface area (Å²) in [6, 6.07) is 12.3. The zero-order valence-corrected chi connectivity index (χ0v) is 17.5. The van der Waals surface area contributed by atoms with Crippen molar-refractivity contribution in [3.63, 3.8) is 0 Å². The highest BCUT2D eigenvalue weighted by Crippen LogP contribution is 2.23. The molecule has 1 aliphatic heterocycles. The Balaban J connectivity index is 1.70. The summed E-state index contributed by atoms with van der Waals surface area (Å²) < 4.78 is 27.3. The maximum Gasteiger partial charge on any atom is 0.251 e. The second-order valence-corrected chi connectivity index (χ2v) is 9.45. The SMILES string of the molecule is Cc1ccc(S(=O)(=O)N2CCCCC2)cc1C(=O)NCCc1cccc(Cl)c1. The van der Waals surface area contributed by atoms with E-state index in [0.29, 0.717) is 36.6 Å². The summed E-state index contributed by atoms with van der Waals surface area (Å²) in [4.78, 5) is 12.8. The average molecular weight is 421 g/mol. The molecule has 3 rings (SSSR count). The second-order valence-electron chi connectivity index (χ2n) is 7.08. The van der Waals surface area contributed by atoms with Gasteiger partial charge in [0, 0.05) is 30.2 Å². The number of amides is 1. The Hall–Kier alpha value is -1.89. The summed E-state index contributed by atoms with van der Waals surface area (Å²) in [7, 11) is -3.56. The van der Waals surface area contributed by atoms with E-state index < -0.39 is 10.0 Å². The van der Waals surface area contributed by atoms with Crippen molar-refractivity contribution in [3.05, 3.63) is 64.2 Å². The van der Waals surface area contributed by atoms with Gasteiger partial charge in [0.2, 0.25) is 10.0 Å². The summed E-state index contributed by atoms with van der Waals surface area (Å²) in [5.41, 5.74) is 2.17. The van der Waals surface area contributed by atoms with Crippen molar-refractivity contribution < 1.29 is 13.2 Å². The standard InChI is InChI=1S/C21H25ClN2O3S/c1-16-8-9-19(28(26,27)24-12-3-2-4-13-24)15-20(16)21(25)23-11-10-17-6-5-7-18(22)14-17/h5-9,14-15H,2-4,10-13H2,1H3,(H,23,25). The normalized spacial score (nSPS) is 15.4. The Kier molecular flexibility index (Phi) is 6.75. The Bertz CT molecular complexity index is 954. The van der Waals surface area contributed by atoms with Crippen molar-refractivity contribution in [2.24, 2.45) is 0 Å². The van der Waals surface area contributed by atoms with Crippen LogP contribution < -0.4 is 5.32 Å². The van der Waals surface area contributed by atoms with Crippen LogP contribution in [0.5, 0.6) is 0 Å². The third-order valence-electron chi connectivity index (χ3n) is 4.99. The lowest BCUT2D eigenvalue weighted by Gasteiger charge is -2.26. The van der Waals surface area contributed by atoms with E-state index in [2.05, 4.69) is 5.32 Å². The molecule has 0 atom stereocenters. The average Bonchev–Trinajstić information content (AvgIpc) is 2.69. The summed E-state index contributed by atoms with van der Waals surface area (Å²) >= 11 is 5.98. The molecule has 7 heteroatoms. The predicted molar refractivity (Wildman–Crippen MR) is 111 cm³/mol. The fraction of sp³-hybridized carbons (Fsp3) is 0.381. The van der Waals surface area contributed by atoms with Gasteiger partial charge in [-0.3, -0.25) is 4.79 Å². The largest absolute Gasteiger partial charge is 0.352 e. The smallest absolute Gasteiger partial charge is 0.251 e. The second kappa shape index (κ2) is 9.07. The van der Waals surface area contributed by atoms with Gasteiger partial charge in [-0.15, -0.1) is 0 Å². The minimum Gasteiger partial charge on any atom is -0.352 e. The summed E-state index contributed by atoms with van der Waals surface area (Å²) in [5, 5.41) is 3.54. The molecule has 1 heterocycles. The number of nitrogens with zero attached hydrogens (tertiary/aromatic N) is 1. The quantitative estimate of drug-likeness (QED) is 0.772. The van der Waals surface area contributed by atoms with Crippen LogP contribution in [-0.4, -0.2) is 38.3 Å². The monoisotopic (exact) mass is 420 g/mol. The lowest BCUT2D eigenvalue weighted by Crippen LogP contribution is -2.35. The van der Waals surface area contributed by atoms with Crippen LogP contribution in [0.25, 0.3) is 0 Å². The molecule has 1 saturated heterocycles. The molecule has 0 saturated carbocycles. The number of nitrogens with one attached hydrogen (secondary N) is 1. The van der Waals surface area contributed by atoms with E-state index in [0.717, 1.165) is 30.4 Å². The van der Waals surface area contributed by atoms with Crippen LogP contribution in [0.2, 0.25) is 5.02 Å². The number of piperidine rings is 1. The summed E-state index contributed by atoms with van der Waals surface area (Å²) in [6.07, 6.45) is 3.46. The molecule has 1 fully saturated rings. The van der Waals surface area contributed by atoms with E-state index in [9.17, 15) is 13.2 Å². The Labute approximate surface area is 171 Å². The first-order chi connectivity index (χ1) is 13.4. The van der Waals surface area contributed by atoms with E-state index >= 15 is 0 Å². The highest BCUT2D eigenvalue weighted by Gasteiger charge is 2.27. The van der Waals surface area contributed by atoms with Crippen molar-refractivity contribution in [1.29, 1.82) is 0 Å². The number of carbonyl (C=O) groups excluding carboxylic acids is 1. The molecule has 2 aromatic carbocycles. The fourth-order valence-electron chi connectivity index (χ4n) is 3.37. The number of carbonyl (C=O) groups is 1. The molecule has 28 heavy (non-hydrogen) atoms. The number of hydrogen-bond acceptors (Lipinski definition) is 3. The number of benzene rings is 2. The summed E-state index contributed by atoms with van der Waals surface area (Å²) in [5.74, 6) is -0.268. The van der Waals surface area contributed by atoms with Crippen LogP contribution in [-0.2, 0) is 16.4 Å². The zero-order chi connectivity index (χ0) is 20.1. The molecule has 0 bridgehead atoms. The number of sulfonamides is 1. The maximum atomic E-state index is 12.9. The Morgan fingerprint density at radius 3 is 2.57 bits per heavy atom. The van der Waals surface area contributed by atoms with Gasteiger partial charge in [0.15, 0.2) is 0 Å². The fourth-order valence-corrected chi connectivity index (χ4v) is 5.13. The van der Waals surface area contributed by atoms with Crippen molar-refractivity contribution in [2.75, 3.05) is 19.6 Å². The van der Waals surface area contributed by atoms with Crippen molar-refractivity contribution in [3.8, 4) is 0 Å². The molecule has 5 nitrogen and oxygen atoms in total. The van der Waals surface area contributed by atoms with Crippen LogP contribution in [0.15, 0.2) is 47.4 Å². The van der Waals surface area contributed by atoms with E-state index in [1.165, 1.54) is 10.4 Å². The predicted octanol–water partition coefficient (Wildman–Crippen LogP) is 3.80. The van der Waals surface area contributed by atoms with Gasteiger partial charge in [-0.05, 0) is 61.6 Å². The topological polar surface area (TPSA) is 66.5 Å². The van der Waals surface area contributed by atoms with E-state index in [-0.39, 0.29) is 10.8 Å². The highest BCUT2D eigenvalue weighted by molar-refractivity contribution is 7.89.